The first-order valence-electron chi connectivity index (χ1n) is 6.69. The van der Waals surface area contributed by atoms with Gasteiger partial charge < -0.3 is 4.42 Å². The molecule has 2 aromatic carbocycles. The molecule has 0 saturated heterocycles. The van der Waals surface area contributed by atoms with Crippen LogP contribution < -0.4 is 0 Å². The lowest BCUT2D eigenvalue weighted by molar-refractivity contribution is 0.668. The Balaban J connectivity index is 2.06. The second-order valence-electron chi connectivity index (χ2n) is 5.09. The van der Waals surface area contributed by atoms with Crippen molar-refractivity contribution in [3.63, 3.8) is 0 Å². The maximum atomic E-state index is 5.94. The zero-order chi connectivity index (χ0) is 11.9. The molecular weight excluding hydrogens is 220 g/mol. The molecule has 1 aliphatic rings. The summed E-state index contributed by atoms with van der Waals surface area (Å²) in [5, 5.41) is 2.56. The van der Waals surface area contributed by atoms with Gasteiger partial charge in [-0.25, -0.2) is 0 Å². The third kappa shape index (κ3) is 1.40. The van der Waals surface area contributed by atoms with Crippen LogP contribution in [0.15, 0.2) is 46.9 Å². The third-order valence-electron chi connectivity index (χ3n) is 3.99. The van der Waals surface area contributed by atoms with Crippen molar-refractivity contribution >= 4 is 21.9 Å². The standard InChI is InChI=1S/C17H15O/c1-2-7-12(6-1)13-9-5-11-16-17(13)14-8-3-4-10-15(14)18-16/h3-5,8-11H,1-2,6-7H2. The molecule has 1 fully saturated rings. The van der Waals surface area contributed by atoms with Crippen molar-refractivity contribution in [2.45, 2.75) is 25.7 Å². The lowest BCUT2D eigenvalue weighted by Gasteiger charge is -2.09. The normalized spacial score (nSPS) is 16.9. The van der Waals surface area contributed by atoms with E-state index >= 15 is 0 Å². The molecule has 4 rings (SSSR count). The Hall–Kier alpha value is -1.76. The molecule has 0 amide bonds. The molecule has 1 heterocycles. The Morgan fingerprint density at radius 3 is 2.44 bits per heavy atom. The molecule has 0 bridgehead atoms. The number of hydrogen-bond acceptors (Lipinski definition) is 1. The van der Waals surface area contributed by atoms with Gasteiger partial charge in [-0.3, -0.25) is 0 Å². The molecule has 1 heteroatoms. The second-order valence-corrected chi connectivity index (χ2v) is 5.09. The third-order valence-corrected chi connectivity index (χ3v) is 3.99. The van der Waals surface area contributed by atoms with Crippen molar-refractivity contribution in [1.29, 1.82) is 0 Å². The Labute approximate surface area is 106 Å². The van der Waals surface area contributed by atoms with Gasteiger partial charge in [-0.05, 0) is 30.5 Å². The van der Waals surface area contributed by atoms with Gasteiger partial charge in [-0.2, -0.15) is 0 Å². The van der Waals surface area contributed by atoms with Gasteiger partial charge in [0.05, 0.1) is 0 Å². The number of benzene rings is 2. The molecule has 1 radical (unpaired) electrons. The van der Waals surface area contributed by atoms with Crippen LogP contribution in [-0.2, 0) is 0 Å². The molecule has 1 nitrogen and oxygen atoms in total. The first-order chi connectivity index (χ1) is 8.93. The first kappa shape index (κ1) is 10.2. The first-order valence-corrected chi connectivity index (χ1v) is 6.69. The van der Waals surface area contributed by atoms with Crippen molar-refractivity contribution in [2.24, 2.45) is 0 Å². The summed E-state index contributed by atoms with van der Waals surface area (Å²) in [4.78, 5) is 0. The fourth-order valence-electron chi connectivity index (χ4n) is 3.14. The van der Waals surface area contributed by atoms with E-state index in [1.54, 1.807) is 5.92 Å². The van der Waals surface area contributed by atoms with E-state index < -0.39 is 0 Å². The van der Waals surface area contributed by atoms with Crippen LogP contribution in [0.1, 0.15) is 31.2 Å². The zero-order valence-electron chi connectivity index (χ0n) is 10.3. The van der Waals surface area contributed by atoms with Gasteiger partial charge in [0.2, 0.25) is 0 Å². The molecule has 18 heavy (non-hydrogen) atoms. The highest BCUT2D eigenvalue weighted by molar-refractivity contribution is 6.07. The van der Waals surface area contributed by atoms with Gasteiger partial charge in [0, 0.05) is 16.7 Å². The largest absolute Gasteiger partial charge is 0.456 e. The van der Waals surface area contributed by atoms with Crippen molar-refractivity contribution in [3.8, 4) is 0 Å². The Kier molecular flexibility index (Phi) is 2.19. The number of para-hydroxylation sites is 1. The van der Waals surface area contributed by atoms with Crippen LogP contribution in [0.5, 0.6) is 0 Å². The summed E-state index contributed by atoms with van der Waals surface area (Å²) in [7, 11) is 0. The van der Waals surface area contributed by atoms with E-state index in [4.69, 9.17) is 4.42 Å². The highest BCUT2D eigenvalue weighted by Crippen LogP contribution is 2.40. The SMILES string of the molecule is c1ccc2c(c1)oc1cccc([C]3CCCC3)c12. The average Bonchev–Trinajstić information content (AvgIpc) is 3.05. The van der Waals surface area contributed by atoms with Crippen LogP contribution in [0.25, 0.3) is 21.9 Å². The fraction of sp³-hybridized carbons (Fsp3) is 0.235. The number of rotatable bonds is 1. The quantitative estimate of drug-likeness (QED) is 0.573. The van der Waals surface area contributed by atoms with Gasteiger partial charge in [0.25, 0.3) is 0 Å². The second kappa shape index (κ2) is 3.88. The van der Waals surface area contributed by atoms with Crippen LogP contribution in [0.2, 0.25) is 0 Å². The minimum atomic E-state index is 0.999. The summed E-state index contributed by atoms with van der Waals surface area (Å²) in [5.74, 6) is 1.60. The molecule has 89 valence electrons. The minimum Gasteiger partial charge on any atom is -0.456 e. The Morgan fingerprint density at radius 1 is 0.778 bits per heavy atom. The number of fused-ring (bicyclic) bond motifs is 3. The van der Waals surface area contributed by atoms with Gasteiger partial charge >= 0.3 is 0 Å². The summed E-state index contributed by atoms with van der Waals surface area (Å²) in [6.45, 7) is 0. The van der Waals surface area contributed by atoms with Crippen LogP contribution in [0.4, 0.5) is 0 Å². The summed E-state index contributed by atoms with van der Waals surface area (Å²) in [6, 6.07) is 14.8. The molecule has 1 aromatic heterocycles. The predicted octanol–water partition coefficient (Wildman–Crippen LogP) is 5.08. The van der Waals surface area contributed by atoms with E-state index in [-0.39, 0.29) is 0 Å². The average molecular weight is 235 g/mol. The van der Waals surface area contributed by atoms with E-state index in [2.05, 4.69) is 36.4 Å². The monoisotopic (exact) mass is 235 g/mol. The summed E-state index contributed by atoms with van der Waals surface area (Å²) in [6.07, 6.45) is 5.17. The summed E-state index contributed by atoms with van der Waals surface area (Å²) in [5.41, 5.74) is 3.43. The van der Waals surface area contributed by atoms with E-state index in [1.165, 1.54) is 42.0 Å². The van der Waals surface area contributed by atoms with Gasteiger partial charge in [0.15, 0.2) is 0 Å². The van der Waals surface area contributed by atoms with Crippen LogP contribution in [-0.4, -0.2) is 0 Å². The Morgan fingerprint density at radius 2 is 1.56 bits per heavy atom. The molecule has 3 aromatic rings. The van der Waals surface area contributed by atoms with Crippen molar-refractivity contribution < 1.29 is 4.42 Å². The summed E-state index contributed by atoms with van der Waals surface area (Å²) >= 11 is 0. The molecular formula is C17H15O. The van der Waals surface area contributed by atoms with Gasteiger partial charge in [0.1, 0.15) is 11.2 Å². The molecule has 0 atom stereocenters. The van der Waals surface area contributed by atoms with E-state index in [0.717, 1.165) is 11.2 Å². The van der Waals surface area contributed by atoms with Crippen molar-refractivity contribution in [2.75, 3.05) is 0 Å². The van der Waals surface area contributed by atoms with E-state index in [9.17, 15) is 0 Å². The molecule has 1 saturated carbocycles. The highest BCUT2D eigenvalue weighted by Gasteiger charge is 2.21. The molecule has 0 aliphatic heterocycles. The summed E-state index contributed by atoms with van der Waals surface area (Å²) < 4.78 is 5.94. The van der Waals surface area contributed by atoms with E-state index in [0.29, 0.717) is 0 Å². The van der Waals surface area contributed by atoms with Gasteiger partial charge in [-0.1, -0.05) is 43.2 Å². The smallest absolute Gasteiger partial charge is 0.135 e. The maximum absolute atomic E-state index is 5.94. The van der Waals surface area contributed by atoms with E-state index in [1.807, 2.05) is 6.07 Å². The fourth-order valence-corrected chi connectivity index (χ4v) is 3.14. The molecule has 0 N–H and O–H groups in total. The molecule has 1 aliphatic carbocycles. The predicted molar refractivity (Wildman–Crippen MR) is 74.5 cm³/mol. The van der Waals surface area contributed by atoms with Crippen molar-refractivity contribution in [1.82, 2.24) is 0 Å². The molecule has 0 unspecified atom stereocenters. The van der Waals surface area contributed by atoms with Gasteiger partial charge in [-0.15, -0.1) is 0 Å². The van der Waals surface area contributed by atoms with Crippen LogP contribution >= 0.6 is 0 Å². The topological polar surface area (TPSA) is 13.1 Å². The maximum Gasteiger partial charge on any atom is 0.135 e. The minimum absolute atomic E-state index is 0.999. The molecule has 0 spiro atoms. The highest BCUT2D eigenvalue weighted by atomic mass is 16.3. The number of furan rings is 1. The van der Waals surface area contributed by atoms with Crippen molar-refractivity contribution in [3.05, 3.63) is 53.9 Å². The van der Waals surface area contributed by atoms with Crippen LogP contribution in [0.3, 0.4) is 0 Å². The Bertz CT molecular complexity index is 702. The zero-order valence-corrected chi connectivity index (χ0v) is 10.3. The lowest BCUT2D eigenvalue weighted by Crippen LogP contribution is -1.93. The lowest BCUT2D eigenvalue weighted by atomic mass is 9.93. The number of hydrogen-bond donors (Lipinski definition) is 0. The van der Waals surface area contributed by atoms with Crippen LogP contribution in [0, 0.1) is 5.92 Å².